The first-order chi connectivity index (χ1) is 16.0. The van der Waals surface area contributed by atoms with E-state index >= 15 is 0 Å². The highest BCUT2D eigenvalue weighted by atomic mass is 32.1. The van der Waals surface area contributed by atoms with Crippen LogP contribution in [0.2, 0.25) is 0 Å². The number of ether oxygens (including phenoxy) is 1. The van der Waals surface area contributed by atoms with Crippen LogP contribution >= 0.6 is 11.3 Å². The number of ketones is 1. The number of thiophene rings is 1. The molecule has 6 nitrogen and oxygen atoms in total. The van der Waals surface area contributed by atoms with Crippen molar-refractivity contribution in [2.75, 3.05) is 27.2 Å². The molecule has 4 rings (SSSR count). The highest BCUT2D eigenvalue weighted by Gasteiger charge is 2.43. The Morgan fingerprint density at radius 3 is 2.42 bits per heavy atom. The first kappa shape index (κ1) is 22.8. The van der Waals surface area contributed by atoms with Gasteiger partial charge >= 0.3 is 0 Å². The summed E-state index contributed by atoms with van der Waals surface area (Å²) in [4.78, 5) is 30.2. The molecular weight excluding hydrogens is 436 g/mol. The molecule has 33 heavy (non-hydrogen) atoms. The molecule has 170 valence electrons. The van der Waals surface area contributed by atoms with Crippen LogP contribution in [0.25, 0.3) is 0 Å². The lowest BCUT2D eigenvalue weighted by Crippen LogP contribution is -2.36. The minimum absolute atomic E-state index is 0.124. The van der Waals surface area contributed by atoms with Crippen molar-refractivity contribution in [3.8, 4) is 5.75 Å². The van der Waals surface area contributed by atoms with Crippen molar-refractivity contribution in [3.63, 3.8) is 0 Å². The second kappa shape index (κ2) is 10.0. The predicted molar refractivity (Wildman–Crippen MR) is 129 cm³/mol. The normalized spacial score (nSPS) is 16.0. The minimum atomic E-state index is -0.657. The molecule has 7 heteroatoms. The van der Waals surface area contributed by atoms with Crippen LogP contribution in [0.5, 0.6) is 5.75 Å². The van der Waals surface area contributed by atoms with Crippen LogP contribution in [-0.4, -0.2) is 53.8 Å². The molecule has 3 aromatic rings. The number of aliphatic hydroxyl groups excluding tert-OH is 1. The van der Waals surface area contributed by atoms with Gasteiger partial charge in [-0.3, -0.25) is 9.59 Å². The topological polar surface area (TPSA) is 70.1 Å². The largest absolute Gasteiger partial charge is 0.503 e. The molecular formula is C26H26N2O4S. The molecule has 0 bridgehead atoms. The molecule has 2 aromatic carbocycles. The molecule has 0 saturated heterocycles. The summed E-state index contributed by atoms with van der Waals surface area (Å²) in [6.07, 6.45) is 0. The number of hydrogen-bond acceptors (Lipinski definition) is 6. The van der Waals surface area contributed by atoms with E-state index in [0.717, 1.165) is 11.1 Å². The summed E-state index contributed by atoms with van der Waals surface area (Å²) in [5, 5.41) is 12.5. The summed E-state index contributed by atoms with van der Waals surface area (Å²) in [6, 6.07) is 20.1. The van der Waals surface area contributed by atoms with Crippen LogP contribution in [0.1, 0.15) is 26.8 Å². The highest BCUT2D eigenvalue weighted by molar-refractivity contribution is 7.12. The Hall–Kier alpha value is -3.42. The van der Waals surface area contributed by atoms with Crippen molar-refractivity contribution in [3.05, 3.63) is 99.4 Å². The van der Waals surface area contributed by atoms with Crippen LogP contribution in [-0.2, 0) is 11.4 Å². The minimum Gasteiger partial charge on any atom is -0.503 e. The van der Waals surface area contributed by atoms with Crippen LogP contribution in [0.15, 0.2) is 83.4 Å². The highest BCUT2D eigenvalue weighted by Crippen LogP contribution is 2.39. The lowest BCUT2D eigenvalue weighted by atomic mass is 9.95. The Kier molecular flexibility index (Phi) is 6.91. The summed E-state index contributed by atoms with van der Waals surface area (Å²) >= 11 is 1.29. The fraction of sp³-hybridized carbons (Fsp3) is 0.231. The van der Waals surface area contributed by atoms with Crippen molar-refractivity contribution in [2.45, 2.75) is 12.6 Å². The molecule has 0 fully saturated rings. The standard InChI is InChI=1S/C26H26N2O4S/c1-27(2)14-15-28-23(22(25(30)26(28)31)24(29)21-9-6-16-33-21)19-10-12-20(13-11-19)32-17-18-7-4-3-5-8-18/h3-13,16,23,30H,14-15,17H2,1-2H3. The van der Waals surface area contributed by atoms with Crippen molar-refractivity contribution < 1.29 is 19.4 Å². The SMILES string of the molecule is CN(C)CCN1C(=O)C(O)=C(C(=O)c2cccs2)C1c1ccc(OCc2ccccc2)cc1. The molecule has 1 aliphatic heterocycles. The Labute approximate surface area is 197 Å². The molecule has 0 radical (unpaired) electrons. The number of benzene rings is 2. The lowest BCUT2D eigenvalue weighted by molar-refractivity contribution is -0.129. The van der Waals surface area contributed by atoms with Gasteiger partial charge in [-0.1, -0.05) is 48.5 Å². The first-order valence-corrected chi connectivity index (χ1v) is 11.6. The fourth-order valence-electron chi connectivity index (χ4n) is 3.80. The molecule has 1 atom stereocenters. The number of nitrogens with zero attached hydrogens (tertiary/aromatic N) is 2. The van der Waals surface area contributed by atoms with Crippen molar-refractivity contribution in [1.82, 2.24) is 9.80 Å². The molecule has 1 unspecified atom stereocenters. The van der Waals surface area contributed by atoms with Gasteiger partial charge in [0.15, 0.2) is 5.76 Å². The van der Waals surface area contributed by atoms with Gasteiger partial charge in [0.2, 0.25) is 5.78 Å². The van der Waals surface area contributed by atoms with Gasteiger partial charge in [-0.05, 0) is 48.8 Å². The van der Waals surface area contributed by atoms with E-state index in [9.17, 15) is 14.7 Å². The lowest BCUT2D eigenvalue weighted by Gasteiger charge is -2.28. The summed E-state index contributed by atoms with van der Waals surface area (Å²) in [6.45, 7) is 1.43. The van der Waals surface area contributed by atoms with Crippen molar-refractivity contribution in [2.24, 2.45) is 0 Å². The van der Waals surface area contributed by atoms with Crippen LogP contribution in [0.3, 0.4) is 0 Å². The smallest absolute Gasteiger partial charge is 0.290 e. The third-order valence-corrected chi connectivity index (χ3v) is 6.39. The van der Waals surface area contributed by atoms with Gasteiger partial charge in [-0.2, -0.15) is 0 Å². The van der Waals surface area contributed by atoms with Gasteiger partial charge in [0.1, 0.15) is 12.4 Å². The monoisotopic (exact) mass is 462 g/mol. The maximum absolute atomic E-state index is 13.2. The Morgan fingerprint density at radius 1 is 1.06 bits per heavy atom. The van der Waals surface area contributed by atoms with E-state index in [2.05, 4.69) is 0 Å². The number of likely N-dealkylation sites (N-methyl/N-ethyl adjacent to an activating group) is 1. The zero-order chi connectivity index (χ0) is 23.4. The van der Waals surface area contributed by atoms with Crippen LogP contribution in [0, 0.1) is 0 Å². The fourth-order valence-corrected chi connectivity index (χ4v) is 4.48. The van der Waals surface area contributed by atoms with Gasteiger partial charge in [-0.25, -0.2) is 0 Å². The zero-order valence-electron chi connectivity index (χ0n) is 18.6. The molecule has 2 heterocycles. The van der Waals surface area contributed by atoms with Gasteiger partial charge in [0, 0.05) is 13.1 Å². The van der Waals surface area contributed by atoms with E-state index in [-0.39, 0.29) is 11.4 Å². The zero-order valence-corrected chi connectivity index (χ0v) is 19.4. The average Bonchev–Trinajstić information content (AvgIpc) is 3.45. The summed E-state index contributed by atoms with van der Waals surface area (Å²) in [5.41, 5.74) is 1.94. The maximum Gasteiger partial charge on any atom is 0.290 e. The number of hydrogen-bond donors (Lipinski definition) is 1. The number of aliphatic hydroxyl groups is 1. The quantitative estimate of drug-likeness (QED) is 0.475. The van der Waals surface area contributed by atoms with Crippen molar-refractivity contribution >= 4 is 23.0 Å². The number of Topliss-reactive ketones (excluding diaryl/α,β-unsaturated/α-hetero) is 1. The third-order valence-electron chi connectivity index (χ3n) is 5.53. The number of amides is 1. The Morgan fingerprint density at radius 2 is 1.79 bits per heavy atom. The van der Waals surface area contributed by atoms with Gasteiger partial charge < -0.3 is 19.6 Å². The maximum atomic E-state index is 13.2. The summed E-state index contributed by atoms with van der Waals surface area (Å²) < 4.78 is 5.88. The third kappa shape index (κ3) is 4.99. The Bertz CT molecular complexity index is 1140. The Balaban J connectivity index is 1.61. The second-order valence-corrected chi connectivity index (χ2v) is 9.06. The van der Waals surface area contributed by atoms with Gasteiger partial charge in [0.25, 0.3) is 5.91 Å². The number of carbonyl (C=O) groups is 2. The first-order valence-electron chi connectivity index (χ1n) is 10.7. The molecule has 0 saturated carbocycles. The van der Waals surface area contributed by atoms with E-state index in [4.69, 9.17) is 4.74 Å². The molecule has 0 spiro atoms. The van der Waals surface area contributed by atoms with Gasteiger partial charge in [0.05, 0.1) is 16.5 Å². The van der Waals surface area contributed by atoms with Crippen molar-refractivity contribution in [1.29, 1.82) is 0 Å². The number of rotatable bonds is 9. The molecule has 1 aromatic heterocycles. The van der Waals surface area contributed by atoms with Gasteiger partial charge in [-0.15, -0.1) is 11.3 Å². The summed E-state index contributed by atoms with van der Waals surface area (Å²) in [5.74, 6) is -0.628. The van der Waals surface area contributed by atoms with E-state index in [0.29, 0.717) is 30.3 Å². The average molecular weight is 463 g/mol. The van der Waals surface area contributed by atoms with E-state index in [1.807, 2.05) is 73.6 Å². The van der Waals surface area contributed by atoms with E-state index in [1.54, 1.807) is 22.4 Å². The predicted octanol–water partition coefficient (Wildman–Crippen LogP) is 4.47. The van der Waals surface area contributed by atoms with Crippen LogP contribution in [0.4, 0.5) is 0 Å². The molecule has 1 amide bonds. The molecule has 0 aliphatic carbocycles. The number of carbonyl (C=O) groups excluding carboxylic acids is 2. The summed E-state index contributed by atoms with van der Waals surface area (Å²) in [7, 11) is 3.83. The molecule has 1 N–H and O–H groups in total. The van der Waals surface area contributed by atoms with Crippen LogP contribution < -0.4 is 4.74 Å². The molecule has 1 aliphatic rings. The second-order valence-electron chi connectivity index (χ2n) is 8.12. The van der Waals surface area contributed by atoms with E-state index in [1.165, 1.54) is 11.3 Å². The van der Waals surface area contributed by atoms with E-state index < -0.39 is 17.7 Å².